The van der Waals surface area contributed by atoms with Gasteiger partial charge in [0, 0.05) is 31.6 Å². The molecule has 5 nitrogen and oxygen atoms in total. The Morgan fingerprint density at radius 2 is 1.85 bits per heavy atom. The Morgan fingerprint density at radius 1 is 1.07 bits per heavy atom. The highest BCUT2D eigenvalue weighted by molar-refractivity contribution is 7.13. The van der Waals surface area contributed by atoms with Crippen LogP contribution in [-0.2, 0) is 26.1 Å². The summed E-state index contributed by atoms with van der Waals surface area (Å²) in [4.78, 5) is 19.0. The summed E-state index contributed by atoms with van der Waals surface area (Å²) in [6, 6.07) is 18.2. The summed E-state index contributed by atoms with van der Waals surface area (Å²) in [6.07, 6.45) is 1.08. The Kier molecular flexibility index (Phi) is 5.46. The molecule has 27 heavy (non-hydrogen) atoms. The molecule has 0 unspecified atom stereocenters. The normalized spacial score (nSPS) is 13.8. The summed E-state index contributed by atoms with van der Waals surface area (Å²) >= 11 is 1.46. The van der Waals surface area contributed by atoms with Crippen LogP contribution in [0.3, 0.4) is 0 Å². The van der Waals surface area contributed by atoms with Gasteiger partial charge in [-0.2, -0.15) is 0 Å². The van der Waals surface area contributed by atoms with Crippen LogP contribution in [-0.4, -0.2) is 22.5 Å². The monoisotopic (exact) mass is 378 g/mol. The number of hydrogen-bond donors (Lipinski definition) is 2. The van der Waals surface area contributed by atoms with Gasteiger partial charge in [-0.05, 0) is 23.1 Å². The van der Waals surface area contributed by atoms with Gasteiger partial charge in [0.25, 0.3) is 0 Å². The third kappa shape index (κ3) is 4.72. The number of fused-ring (bicyclic) bond motifs is 1. The van der Waals surface area contributed by atoms with Crippen molar-refractivity contribution in [2.45, 2.75) is 26.1 Å². The third-order valence-electron chi connectivity index (χ3n) is 4.66. The van der Waals surface area contributed by atoms with Crippen molar-refractivity contribution in [3.63, 3.8) is 0 Å². The summed E-state index contributed by atoms with van der Waals surface area (Å²) in [5.74, 6) is 0. The maximum Gasteiger partial charge on any atom is 0.321 e. The summed E-state index contributed by atoms with van der Waals surface area (Å²) in [5, 5.41) is 8.33. The van der Waals surface area contributed by atoms with Crippen molar-refractivity contribution in [2.24, 2.45) is 0 Å². The van der Waals surface area contributed by atoms with Crippen molar-refractivity contribution in [1.29, 1.82) is 0 Å². The minimum atomic E-state index is -0.230. The minimum Gasteiger partial charge on any atom is -0.334 e. The lowest BCUT2D eigenvalue weighted by molar-refractivity contribution is 0.243. The van der Waals surface area contributed by atoms with E-state index in [1.54, 1.807) is 0 Å². The molecule has 2 heterocycles. The topological polar surface area (TPSA) is 57.3 Å². The molecule has 138 valence electrons. The lowest BCUT2D eigenvalue weighted by Gasteiger charge is -2.27. The number of amides is 2. The second-order valence-electron chi connectivity index (χ2n) is 6.67. The molecule has 2 aromatic carbocycles. The molecular formula is C21H22N4OS. The van der Waals surface area contributed by atoms with Crippen LogP contribution in [0.1, 0.15) is 22.4 Å². The number of carbonyl (C=O) groups excluding carboxylic acids is 1. The van der Waals surface area contributed by atoms with E-state index >= 15 is 0 Å². The lowest BCUT2D eigenvalue weighted by Crippen LogP contribution is -2.30. The van der Waals surface area contributed by atoms with Gasteiger partial charge >= 0.3 is 6.03 Å². The Morgan fingerprint density at radius 3 is 2.70 bits per heavy atom. The molecule has 6 heteroatoms. The molecule has 0 radical (unpaired) electrons. The molecular weight excluding hydrogens is 356 g/mol. The van der Waals surface area contributed by atoms with Crippen LogP contribution in [0.2, 0.25) is 0 Å². The van der Waals surface area contributed by atoms with Crippen molar-refractivity contribution in [2.75, 3.05) is 11.9 Å². The maximum atomic E-state index is 12.1. The molecule has 0 bridgehead atoms. The molecule has 1 aliphatic heterocycles. The molecule has 0 saturated heterocycles. The number of carbonyl (C=O) groups is 1. The molecule has 0 fully saturated rings. The number of aromatic nitrogens is 1. The number of nitrogens with one attached hydrogen (secondary N) is 2. The van der Waals surface area contributed by atoms with Crippen LogP contribution in [0.4, 0.5) is 9.93 Å². The van der Waals surface area contributed by atoms with Crippen LogP contribution < -0.4 is 10.6 Å². The van der Waals surface area contributed by atoms with E-state index < -0.39 is 0 Å². The van der Waals surface area contributed by atoms with E-state index in [2.05, 4.69) is 44.8 Å². The van der Waals surface area contributed by atoms with Gasteiger partial charge in [0.15, 0.2) is 5.13 Å². The zero-order chi connectivity index (χ0) is 18.5. The van der Waals surface area contributed by atoms with Gasteiger partial charge in [-0.25, -0.2) is 9.78 Å². The first kappa shape index (κ1) is 17.7. The molecule has 3 aromatic rings. The van der Waals surface area contributed by atoms with Crippen LogP contribution in [0.5, 0.6) is 0 Å². The summed E-state index contributed by atoms with van der Waals surface area (Å²) < 4.78 is 0. The van der Waals surface area contributed by atoms with E-state index in [0.717, 1.165) is 37.3 Å². The van der Waals surface area contributed by atoms with Crippen molar-refractivity contribution >= 4 is 22.5 Å². The van der Waals surface area contributed by atoms with Crippen molar-refractivity contribution in [1.82, 2.24) is 15.2 Å². The van der Waals surface area contributed by atoms with Gasteiger partial charge in [0.2, 0.25) is 0 Å². The molecule has 0 atom stereocenters. The van der Waals surface area contributed by atoms with E-state index in [-0.39, 0.29) is 6.03 Å². The molecule has 2 amide bonds. The second kappa shape index (κ2) is 8.33. The van der Waals surface area contributed by atoms with E-state index in [0.29, 0.717) is 11.7 Å². The van der Waals surface area contributed by atoms with Crippen LogP contribution in [0.25, 0.3) is 0 Å². The zero-order valence-corrected chi connectivity index (χ0v) is 15.8. The Bertz CT molecular complexity index is 909. The second-order valence-corrected chi connectivity index (χ2v) is 7.52. The zero-order valence-electron chi connectivity index (χ0n) is 15.0. The number of nitrogens with zero attached hydrogens (tertiary/aromatic N) is 2. The Hall–Kier alpha value is -2.70. The first-order valence-corrected chi connectivity index (χ1v) is 9.96. The third-order valence-corrected chi connectivity index (χ3v) is 5.47. The standard InChI is InChI=1S/C21H22N4OS/c26-20(22-12-16-6-2-1-3-7-16)24-21-23-19(15-27-21)14-25-11-10-17-8-4-5-9-18(17)13-25/h1-9,15H,10-14H2,(H2,22,23,24,26). The number of thiazole rings is 1. The van der Waals surface area contributed by atoms with Gasteiger partial charge in [-0.3, -0.25) is 10.2 Å². The van der Waals surface area contributed by atoms with Gasteiger partial charge in [0.05, 0.1) is 5.69 Å². The number of hydrogen-bond acceptors (Lipinski definition) is 4. The molecule has 1 aromatic heterocycles. The predicted molar refractivity (Wildman–Crippen MR) is 109 cm³/mol. The minimum absolute atomic E-state index is 0.230. The van der Waals surface area contributed by atoms with Crippen LogP contribution >= 0.6 is 11.3 Å². The molecule has 2 N–H and O–H groups in total. The van der Waals surface area contributed by atoms with Crippen molar-refractivity contribution in [3.05, 3.63) is 82.4 Å². The highest BCUT2D eigenvalue weighted by Gasteiger charge is 2.17. The molecule has 0 spiro atoms. The number of anilines is 1. The average molecular weight is 379 g/mol. The largest absolute Gasteiger partial charge is 0.334 e. The lowest BCUT2D eigenvalue weighted by atomic mass is 10.00. The number of benzene rings is 2. The highest BCUT2D eigenvalue weighted by atomic mass is 32.1. The first-order chi connectivity index (χ1) is 13.3. The fourth-order valence-corrected chi connectivity index (χ4v) is 3.97. The van der Waals surface area contributed by atoms with E-state index in [1.165, 1.54) is 22.5 Å². The fourth-order valence-electron chi connectivity index (χ4n) is 3.27. The molecule has 1 aliphatic rings. The van der Waals surface area contributed by atoms with Crippen molar-refractivity contribution in [3.8, 4) is 0 Å². The van der Waals surface area contributed by atoms with Gasteiger partial charge in [0.1, 0.15) is 0 Å². The quantitative estimate of drug-likeness (QED) is 0.705. The number of urea groups is 1. The van der Waals surface area contributed by atoms with Crippen molar-refractivity contribution < 1.29 is 4.79 Å². The van der Waals surface area contributed by atoms with E-state index in [4.69, 9.17) is 0 Å². The summed E-state index contributed by atoms with van der Waals surface area (Å²) in [5.41, 5.74) is 4.91. The Balaban J connectivity index is 1.28. The van der Waals surface area contributed by atoms with Gasteiger partial charge in [-0.15, -0.1) is 11.3 Å². The smallest absolute Gasteiger partial charge is 0.321 e. The molecule has 4 rings (SSSR count). The van der Waals surface area contributed by atoms with Gasteiger partial charge in [-0.1, -0.05) is 54.6 Å². The molecule has 0 saturated carbocycles. The first-order valence-electron chi connectivity index (χ1n) is 9.08. The summed E-state index contributed by atoms with van der Waals surface area (Å²) in [7, 11) is 0. The average Bonchev–Trinajstić information content (AvgIpc) is 3.14. The maximum absolute atomic E-state index is 12.1. The van der Waals surface area contributed by atoms with E-state index in [9.17, 15) is 4.79 Å². The highest BCUT2D eigenvalue weighted by Crippen LogP contribution is 2.22. The predicted octanol–water partition coefficient (Wildman–Crippen LogP) is 4.02. The SMILES string of the molecule is O=C(NCc1ccccc1)Nc1nc(CN2CCc3ccccc3C2)cs1. The van der Waals surface area contributed by atoms with Crippen LogP contribution in [0.15, 0.2) is 60.0 Å². The van der Waals surface area contributed by atoms with Gasteiger partial charge < -0.3 is 5.32 Å². The summed E-state index contributed by atoms with van der Waals surface area (Å²) in [6.45, 7) is 3.29. The van der Waals surface area contributed by atoms with Crippen LogP contribution in [0, 0.1) is 0 Å². The van der Waals surface area contributed by atoms with E-state index in [1.807, 2.05) is 35.7 Å². The number of rotatable bonds is 5. The molecule has 0 aliphatic carbocycles. The fraction of sp³-hybridized carbons (Fsp3) is 0.238. The Labute approximate surface area is 163 Å².